The van der Waals surface area contributed by atoms with E-state index < -0.39 is 0 Å². The van der Waals surface area contributed by atoms with Crippen molar-refractivity contribution in [3.63, 3.8) is 0 Å². The fourth-order valence-corrected chi connectivity index (χ4v) is 4.54. The monoisotopic (exact) mass is 252 g/mol. The minimum Gasteiger partial charge on any atom is -0.310 e. The standard InChI is InChI=1S/C16H32N2/c1-12(8-10-18(5)6)17-14-15(2,3)13-7-9-16(14,4)11-13/h12-14,17H,7-11H2,1-6H3. The molecule has 4 atom stereocenters. The molecule has 2 bridgehead atoms. The van der Waals surface area contributed by atoms with E-state index in [1.807, 2.05) is 0 Å². The van der Waals surface area contributed by atoms with Crippen LogP contribution in [0.4, 0.5) is 0 Å². The van der Waals surface area contributed by atoms with Gasteiger partial charge in [-0.2, -0.15) is 0 Å². The molecular formula is C16H32N2. The molecule has 1 N–H and O–H groups in total. The Morgan fingerprint density at radius 1 is 1.28 bits per heavy atom. The lowest BCUT2D eigenvalue weighted by atomic mass is 9.68. The molecule has 2 saturated carbocycles. The molecule has 2 aliphatic rings. The van der Waals surface area contributed by atoms with E-state index >= 15 is 0 Å². The van der Waals surface area contributed by atoms with E-state index in [1.165, 1.54) is 32.2 Å². The van der Waals surface area contributed by atoms with Gasteiger partial charge in [0.2, 0.25) is 0 Å². The summed E-state index contributed by atoms with van der Waals surface area (Å²) in [5, 5.41) is 3.97. The Bertz CT molecular complexity index is 293. The average Bonchev–Trinajstić information content (AvgIpc) is 2.73. The Morgan fingerprint density at radius 3 is 2.44 bits per heavy atom. The van der Waals surface area contributed by atoms with Crippen LogP contribution in [0.5, 0.6) is 0 Å². The quantitative estimate of drug-likeness (QED) is 0.809. The van der Waals surface area contributed by atoms with E-state index in [9.17, 15) is 0 Å². The lowest BCUT2D eigenvalue weighted by molar-refractivity contribution is 0.0981. The third kappa shape index (κ3) is 2.46. The lowest BCUT2D eigenvalue weighted by Gasteiger charge is -2.44. The van der Waals surface area contributed by atoms with Crippen molar-refractivity contribution in [2.45, 2.75) is 65.5 Å². The van der Waals surface area contributed by atoms with E-state index in [1.54, 1.807) is 0 Å². The highest BCUT2D eigenvalue weighted by molar-refractivity contribution is 5.12. The van der Waals surface area contributed by atoms with Crippen LogP contribution in [0.1, 0.15) is 53.4 Å². The predicted octanol–water partition coefficient (Wildman–Crippen LogP) is 3.13. The highest BCUT2D eigenvalue weighted by Crippen LogP contribution is 2.62. The zero-order valence-electron chi connectivity index (χ0n) is 13.2. The average molecular weight is 252 g/mol. The maximum atomic E-state index is 3.97. The second-order valence-electron chi connectivity index (χ2n) is 8.01. The molecule has 0 amide bonds. The largest absolute Gasteiger partial charge is 0.310 e. The Kier molecular flexibility index (Phi) is 3.81. The predicted molar refractivity (Wildman–Crippen MR) is 78.8 cm³/mol. The summed E-state index contributed by atoms with van der Waals surface area (Å²) in [5.41, 5.74) is 1.04. The molecule has 18 heavy (non-hydrogen) atoms. The van der Waals surface area contributed by atoms with Crippen LogP contribution in [0.25, 0.3) is 0 Å². The number of nitrogens with zero attached hydrogens (tertiary/aromatic N) is 1. The molecule has 2 fully saturated rings. The molecular weight excluding hydrogens is 220 g/mol. The van der Waals surface area contributed by atoms with Gasteiger partial charge in [-0.05, 0) is 70.0 Å². The summed E-state index contributed by atoms with van der Waals surface area (Å²) in [6.07, 6.45) is 5.57. The van der Waals surface area contributed by atoms with Crippen LogP contribution in [-0.4, -0.2) is 37.6 Å². The van der Waals surface area contributed by atoms with Gasteiger partial charge in [0.05, 0.1) is 0 Å². The molecule has 106 valence electrons. The Balaban J connectivity index is 1.96. The Labute approximate surface area is 114 Å². The maximum absolute atomic E-state index is 3.97. The van der Waals surface area contributed by atoms with Crippen LogP contribution >= 0.6 is 0 Å². The number of nitrogens with one attached hydrogen (secondary N) is 1. The van der Waals surface area contributed by atoms with Gasteiger partial charge in [0.25, 0.3) is 0 Å². The molecule has 0 saturated heterocycles. The molecule has 0 aromatic carbocycles. The zero-order chi connectivity index (χ0) is 13.6. The van der Waals surface area contributed by atoms with Crippen molar-refractivity contribution in [3.05, 3.63) is 0 Å². The molecule has 4 unspecified atom stereocenters. The summed E-state index contributed by atoms with van der Waals surface area (Å²) in [4.78, 5) is 2.28. The zero-order valence-corrected chi connectivity index (χ0v) is 13.2. The molecule has 0 aromatic heterocycles. The lowest BCUT2D eigenvalue weighted by Crippen LogP contribution is -2.53. The van der Waals surface area contributed by atoms with Crippen LogP contribution in [0.3, 0.4) is 0 Å². The molecule has 2 rings (SSSR count). The normalized spacial score (nSPS) is 39.5. The first-order valence-electron chi connectivity index (χ1n) is 7.66. The van der Waals surface area contributed by atoms with Crippen LogP contribution in [0.2, 0.25) is 0 Å². The van der Waals surface area contributed by atoms with Crippen molar-refractivity contribution in [1.82, 2.24) is 10.2 Å². The van der Waals surface area contributed by atoms with E-state index in [-0.39, 0.29) is 0 Å². The third-order valence-corrected chi connectivity index (χ3v) is 5.73. The molecule has 2 aliphatic carbocycles. The first-order valence-corrected chi connectivity index (χ1v) is 7.66. The molecule has 0 aromatic rings. The van der Waals surface area contributed by atoms with E-state index in [2.05, 4.69) is 52.0 Å². The fourth-order valence-electron chi connectivity index (χ4n) is 4.54. The fraction of sp³-hybridized carbons (Fsp3) is 1.00. The smallest absolute Gasteiger partial charge is 0.0177 e. The van der Waals surface area contributed by atoms with Gasteiger partial charge < -0.3 is 10.2 Å². The molecule has 0 radical (unpaired) electrons. The summed E-state index contributed by atoms with van der Waals surface area (Å²) in [5.74, 6) is 0.945. The molecule has 0 heterocycles. The SMILES string of the molecule is CC(CCN(C)C)NC1C2(C)CCC(C2)C1(C)C. The number of fused-ring (bicyclic) bond motifs is 2. The molecule has 0 aliphatic heterocycles. The first kappa shape index (κ1) is 14.3. The number of rotatable bonds is 5. The summed E-state index contributed by atoms with van der Waals surface area (Å²) >= 11 is 0. The van der Waals surface area contributed by atoms with Crippen LogP contribution in [-0.2, 0) is 0 Å². The van der Waals surface area contributed by atoms with Crippen LogP contribution in [0.15, 0.2) is 0 Å². The minimum atomic E-state index is 0.485. The van der Waals surface area contributed by atoms with Crippen molar-refractivity contribution in [1.29, 1.82) is 0 Å². The second kappa shape index (κ2) is 4.79. The molecule has 2 heteroatoms. The second-order valence-corrected chi connectivity index (χ2v) is 8.01. The van der Waals surface area contributed by atoms with Crippen molar-refractivity contribution in [2.24, 2.45) is 16.7 Å². The highest BCUT2D eigenvalue weighted by Gasteiger charge is 2.59. The van der Waals surface area contributed by atoms with Crippen molar-refractivity contribution >= 4 is 0 Å². The van der Waals surface area contributed by atoms with Gasteiger partial charge in [0.1, 0.15) is 0 Å². The van der Waals surface area contributed by atoms with Gasteiger partial charge >= 0.3 is 0 Å². The van der Waals surface area contributed by atoms with E-state index in [0.29, 0.717) is 22.9 Å². The van der Waals surface area contributed by atoms with Crippen molar-refractivity contribution in [2.75, 3.05) is 20.6 Å². The van der Waals surface area contributed by atoms with Crippen LogP contribution < -0.4 is 5.32 Å². The molecule has 0 spiro atoms. The Hall–Kier alpha value is -0.0800. The van der Waals surface area contributed by atoms with Gasteiger partial charge in [-0.15, -0.1) is 0 Å². The summed E-state index contributed by atoms with van der Waals surface area (Å²) < 4.78 is 0. The number of hydrogen-bond acceptors (Lipinski definition) is 2. The van der Waals surface area contributed by atoms with E-state index in [0.717, 1.165) is 5.92 Å². The topological polar surface area (TPSA) is 15.3 Å². The third-order valence-electron chi connectivity index (χ3n) is 5.73. The van der Waals surface area contributed by atoms with Gasteiger partial charge in [-0.3, -0.25) is 0 Å². The summed E-state index contributed by atoms with van der Waals surface area (Å²) in [7, 11) is 4.32. The summed E-state index contributed by atoms with van der Waals surface area (Å²) in [6.45, 7) is 11.0. The van der Waals surface area contributed by atoms with E-state index in [4.69, 9.17) is 0 Å². The molecule has 2 nitrogen and oxygen atoms in total. The highest BCUT2D eigenvalue weighted by atomic mass is 15.1. The van der Waals surface area contributed by atoms with Crippen molar-refractivity contribution < 1.29 is 0 Å². The minimum absolute atomic E-state index is 0.485. The van der Waals surface area contributed by atoms with Gasteiger partial charge in [-0.25, -0.2) is 0 Å². The van der Waals surface area contributed by atoms with Crippen LogP contribution in [0, 0.1) is 16.7 Å². The van der Waals surface area contributed by atoms with Gasteiger partial charge in [0.15, 0.2) is 0 Å². The number of hydrogen-bond donors (Lipinski definition) is 1. The Morgan fingerprint density at radius 2 is 1.94 bits per heavy atom. The van der Waals surface area contributed by atoms with Gasteiger partial charge in [-0.1, -0.05) is 20.8 Å². The maximum Gasteiger partial charge on any atom is 0.0177 e. The van der Waals surface area contributed by atoms with Gasteiger partial charge in [0, 0.05) is 12.1 Å². The summed E-state index contributed by atoms with van der Waals surface area (Å²) in [6, 6.07) is 1.34. The first-order chi connectivity index (χ1) is 8.25. The van der Waals surface area contributed by atoms with Crippen molar-refractivity contribution in [3.8, 4) is 0 Å².